The molecular weight excluding hydrogens is 200 g/mol. The summed E-state index contributed by atoms with van der Waals surface area (Å²) in [5, 5.41) is 10.2. The summed E-state index contributed by atoms with van der Waals surface area (Å²) >= 11 is 0. The van der Waals surface area contributed by atoms with Crippen LogP contribution in [0.2, 0.25) is 0 Å². The van der Waals surface area contributed by atoms with Gasteiger partial charge < -0.3 is 9.84 Å². The highest BCUT2D eigenvalue weighted by molar-refractivity contribution is 5.49. The highest BCUT2D eigenvalue weighted by Crippen LogP contribution is 2.50. The fourth-order valence-corrected chi connectivity index (χ4v) is 2.10. The number of ether oxygens (including phenoxy) is 1. The highest BCUT2D eigenvalue weighted by Gasteiger charge is 2.45. The van der Waals surface area contributed by atoms with E-state index in [2.05, 4.69) is 26.8 Å². The third-order valence-corrected chi connectivity index (χ3v) is 3.25. The molecule has 16 heavy (non-hydrogen) atoms. The number of methoxy groups -OCH3 is 1. The highest BCUT2D eigenvalue weighted by atomic mass is 16.5. The van der Waals surface area contributed by atoms with Crippen LogP contribution in [0.5, 0.6) is 5.75 Å². The van der Waals surface area contributed by atoms with Gasteiger partial charge in [0.1, 0.15) is 5.75 Å². The molecule has 0 bridgehead atoms. The second kappa shape index (κ2) is 3.49. The van der Waals surface area contributed by atoms with Crippen LogP contribution in [0.3, 0.4) is 0 Å². The van der Waals surface area contributed by atoms with E-state index in [0.717, 1.165) is 29.7 Å². The number of rotatable bonds is 2. The number of aliphatic hydroxyl groups is 1. The van der Waals surface area contributed by atoms with E-state index in [1.807, 2.05) is 12.1 Å². The van der Waals surface area contributed by atoms with E-state index < -0.39 is 5.60 Å². The van der Waals surface area contributed by atoms with Crippen LogP contribution in [-0.4, -0.2) is 12.2 Å². The molecule has 0 atom stereocenters. The summed E-state index contributed by atoms with van der Waals surface area (Å²) in [5.74, 6) is 0.856. The van der Waals surface area contributed by atoms with Gasteiger partial charge in [0.25, 0.3) is 0 Å². The Morgan fingerprint density at radius 3 is 2.31 bits per heavy atom. The molecule has 2 nitrogen and oxygen atoms in total. The Morgan fingerprint density at radius 2 is 1.88 bits per heavy atom. The first kappa shape index (κ1) is 11.5. The molecule has 0 aromatic heterocycles. The van der Waals surface area contributed by atoms with Crippen molar-refractivity contribution < 1.29 is 9.84 Å². The maximum Gasteiger partial charge on any atom is 0.128 e. The lowest BCUT2D eigenvalue weighted by Crippen LogP contribution is -2.16. The maximum atomic E-state index is 10.2. The molecule has 2 heteroatoms. The van der Waals surface area contributed by atoms with E-state index in [0.29, 0.717) is 0 Å². The topological polar surface area (TPSA) is 29.5 Å². The summed E-state index contributed by atoms with van der Waals surface area (Å²) < 4.78 is 5.51. The predicted octanol–water partition coefficient (Wildman–Crippen LogP) is 2.97. The summed E-state index contributed by atoms with van der Waals surface area (Å²) in [5.41, 5.74) is 1.51. The van der Waals surface area contributed by atoms with Gasteiger partial charge in [-0.2, -0.15) is 0 Å². The van der Waals surface area contributed by atoms with Gasteiger partial charge in [0.2, 0.25) is 0 Å². The zero-order valence-corrected chi connectivity index (χ0v) is 10.5. The van der Waals surface area contributed by atoms with Gasteiger partial charge in [-0.3, -0.25) is 0 Å². The van der Waals surface area contributed by atoms with E-state index in [1.54, 1.807) is 7.11 Å². The minimum Gasteiger partial charge on any atom is -0.496 e. The smallest absolute Gasteiger partial charge is 0.128 e. The van der Waals surface area contributed by atoms with Gasteiger partial charge >= 0.3 is 0 Å². The molecule has 0 heterocycles. The molecule has 0 aliphatic heterocycles. The Balaban J connectivity index is 2.56. The van der Waals surface area contributed by atoms with E-state index in [4.69, 9.17) is 4.74 Å². The molecule has 0 amide bonds. The Morgan fingerprint density at radius 1 is 1.25 bits per heavy atom. The Labute approximate surface area is 97.3 Å². The van der Waals surface area contributed by atoms with Crippen LogP contribution >= 0.6 is 0 Å². The van der Waals surface area contributed by atoms with E-state index in [9.17, 15) is 5.11 Å². The van der Waals surface area contributed by atoms with Gasteiger partial charge in [0, 0.05) is 5.56 Å². The number of hydrogen-bond donors (Lipinski definition) is 1. The first-order chi connectivity index (χ1) is 7.38. The Bertz CT molecular complexity index is 374. The van der Waals surface area contributed by atoms with Crippen molar-refractivity contribution in [1.82, 2.24) is 0 Å². The lowest BCUT2D eigenvalue weighted by Gasteiger charge is -2.25. The molecule has 1 aliphatic rings. The van der Waals surface area contributed by atoms with Crippen molar-refractivity contribution in [3.8, 4) is 5.75 Å². The Hall–Kier alpha value is -1.02. The third-order valence-electron chi connectivity index (χ3n) is 3.25. The molecule has 0 unspecified atom stereocenters. The molecule has 1 saturated carbocycles. The van der Waals surface area contributed by atoms with Crippen molar-refractivity contribution in [2.75, 3.05) is 7.11 Å². The third kappa shape index (κ3) is 1.82. The molecular formula is C14H20O2. The van der Waals surface area contributed by atoms with Crippen LogP contribution in [0.15, 0.2) is 18.2 Å². The maximum absolute atomic E-state index is 10.2. The van der Waals surface area contributed by atoms with Gasteiger partial charge in [-0.05, 0) is 23.8 Å². The van der Waals surface area contributed by atoms with Gasteiger partial charge in [-0.25, -0.2) is 0 Å². The molecule has 1 fully saturated rings. The van der Waals surface area contributed by atoms with E-state index in [1.165, 1.54) is 0 Å². The van der Waals surface area contributed by atoms with Crippen LogP contribution in [0.25, 0.3) is 0 Å². The first-order valence-electron chi connectivity index (χ1n) is 5.79. The molecule has 0 spiro atoms. The molecule has 88 valence electrons. The van der Waals surface area contributed by atoms with Crippen LogP contribution in [0, 0.1) is 0 Å². The van der Waals surface area contributed by atoms with Gasteiger partial charge in [0.15, 0.2) is 0 Å². The first-order valence-corrected chi connectivity index (χ1v) is 5.79. The lowest BCUT2D eigenvalue weighted by atomic mass is 9.84. The van der Waals surface area contributed by atoms with Crippen molar-refractivity contribution in [3.63, 3.8) is 0 Å². The van der Waals surface area contributed by atoms with E-state index >= 15 is 0 Å². The van der Waals surface area contributed by atoms with Crippen molar-refractivity contribution in [1.29, 1.82) is 0 Å². The van der Waals surface area contributed by atoms with Crippen LogP contribution < -0.4 is 4.74 Å². The summed E-state index contributed by atoms with van der Waals surface area (Å²) in [6.45, 7) is 6.47. The molecule has 0 radical (unpaired) electrons. The van der Waals surface area contributed by atoms with Crippen molar-refractivity contribution >= 4 is 0 Å². The molecule has 2 rings (SSSR count). The molecule has 1 aromatic rings. The number of para-hydroxylation sites is 1. The number of benzene rings is 1. The standard InChI is InChI=1S/C14H20O2/c1-13(2,3)10-6-5-7-11(12(10)16-4)14(15)8-9-14/h5-7,15H,8-9H2,1-4H3. The minimum atomic E-state index is -0.632. The van der Waals surface area contributed by atoms with Gasteiger partial charge in [-0.15, -0.1) is 0 Å². The zero-order valence-electron chi connectivity index (χ0n) is 10.5. The average molecular weight is 220 g/mol. The van der Waals surface area contributed by atoms with Crippen molar-refractivity contribution in [2.24, 2.45) is 0 Å². The molecule has 0 saturated heterocycles. The second-order valence-electron chi connectivity index (χ2n) is 5.67. The second-order valence-corrected chi connectivity index (χ2v) is 5.67. The van der Waals surface area contributed by atoms with Crippen LogP contribution in [-0.2, 0) is 11.0 Å². The van der Waals surface area contributed by atoms with Crippen molar-refractivity contribution in [3.05, 3.63) is 29.3 Å². The lowest BCUT2D eigenvalue weighted by molar-refractivity contribution is 0.147. The van der Waals surface area contributed by atoms with E-state index in [-0.39, 0.29) is 5.41 Å². The summed E-state index contributed by atoms with van der Waals surface area (Å²) in [6, 6.07) is 6.06. The fraction of sp³-hybridized carbons (Fsp3) is 0.571. The Kier molecular flexibility index (Phi) is 2.50. The minimum absolute atomic E-state index is 0.0343. The average Bonchev–Trinajstić information content (AvgIpc) is 2.95. The monoisotopic (exact) mass is 220 g/mol. The summed E-state index contributed by atoms with van der Waals surface area (Å²) in [4.78, 5) is 0. The van der Waals surface area contributed by atoms with Crippen molar-refractivity contribution in [2.45, 2.75) is 44.6 Å². The quantitative estimate of drug-likeness (QED) is 0.830. The van der Waals surface area contributed by atoms with Crippen LogP contribution in [0.1, 0.15) is 44.7 Å². The molecule has 1 aliphatic carbocycles. The fourth-order valence-electron chi connectivity index (χ4n) is 2.10. The van der Waals surface area contributed by atoms with Gasteiger partial charge in [0.05, 0.1) is 12.7 Å². The molecule has 1 aromatic carbocycles. The summed E-state index contributed by atoms with van der Waals surface area (Å²) in [6.07, 6.45) is 1.69. The zero-order chi connectivity index (χ0) is 12.0. The molecule has 1 N–H and O–H groups in total. The number of hydrogen-bond acceptors (Lipinski definition) is 2. The van der Waals surface area contributed by atoms with Gasteiger partial charge in [-0.1, -0.05) is 39.0 Å². The normalized spacial score (nSPS) is 18.3. The summed E-state index contributed by atoms with van der Waals surface area (Å²) in [7, 11) is 1.68. The SMILES string of the molecule is COc1c(C(C)(C)C)cccc1C1(O)CC1. The predicted molar refractivity (Wildman–Crippen MR) is 64.8 cm³/mol. The van der Waals surface area contributed by atoms with Crippen LogP contribution in [0.4, 0.5) is 0 Å². The largest absolute Gasteiger partial charge is 0.496 e.